The molecule has 570 valence electrons. The van der Waals surface area contributed by atoms with E-state index in [0.717, 1.165) is 114 Å². The largest absolute Gasteiger partial charge is 0.472 e. The Morgan fingerprint density at radius 2 is 0.438 bits per heavy atom. The number of carbonyl (C=O) groups is 4. The second-order valence-corrected chi connectivity index (χ2v) is 32.6. The summed E-state index contributed by atoms with van der Waals surface area (Å²) in [5, 5.41) is 10.6. The number of aliphatic hydroxyl groups excluding tert-OH is 1. The quantitative estimate of drug-likeness (QED) is 0.0222. The highest BCUT2D eigenvalue weighted by Gasteiger charge is 2.30. The Morgan fingerprint density at radius 1 is 0.260 bits per heavy atom. The predicted molar refractivity (Wildman–Crippen MR) is 391 cm³/mol. The smallest absolute Gasteiger partial charge is 0.462 e. The molecule has 0 aliphatic heterocycles. The van der Waals surface area contributed by atoms with Gasteiger partial charge in [-0.1, -0.05) is 338 Å². The number of aliphatic hydroxyl groups is 1. The standard InChI is InChI=1S/C77H150O17P2/c1-67(2)53-45-37-29-23-17-15-13-11-9-10-12-14-16-18-27-33-43-51-59-76(81)94-73(64-88-75(80)58-50-42-36-35-40-48-56-70(7)8)66-92-96(85,86)90-62-71(78)61-89-95(83,84)91-65-72(93-77(82)60-52-44-34-28-22-20-25-31-39-47-55-69(5)6)63-87-74(79)57-49-41-32-26-21-19-24-30-38-46-54-68(3)4/h67-73,78H,9-66H2,1-8H3,(H,83,84)(H,85,86)/t71?,72-,73-/m1/s1. The summed E-state index contributed by atoms with van der Waals surface area (Å²) in [5.74, 6) is 0.888. The molecule has 0 aromatic carbocycles. The van der Waals surface area contributed by atoms with Gasteiger partial charge < -0.3 is 33.8 Å². The van der Waals surface area contributed by atoms with Crippen LogP contribution in [0.1, 0.15) is 389 Å². The average molecular weight is 1410 g/mol. The molecule has 0 saturated carbocycles. The average Bonchev–Trinajstić information content (AvgIpc) is 1.07. The molecular formula is C77H150O17P2. The molecule has 0 saturated heterocycles. The van der Waals surface area contributed by atoms with E-state index < -0.39 is 97.5 Å². The lowest BCUT2D eigenvalue weighted by atomic mass is 10.0. The minimum absolute atomic E-state index is 0.105. The number of carbonyl (C=O) groups excluding carboxylic acids is 4. The fraction of sp³-hybridized carbons (Fsp3) is 0.948. The van der Waals surface area contributed by atoms with Gasteiger partial charge in [0.1, 0.15) is 19.3 Å². The Bertz CT molecular complexity index is 1880. The molecule has 19 heteroatoms. The molecule has 3 N–H and O–H groups in total. The minimum Gasteiger partial charge on any atom is -0.462 e. The van der Waals surface area contributed by atoms with Crippen LogP contribution in [0.5, 0.6) is 0 Å². The van der Waals surface area contributed by atoms with Crippen LogP contribution in [0.4, 0.5) is 0 Å². The van der Waals surface area contributed by atoms with Crippen molar-refractivity contribution in [3.8, 4) is 0 Å². The number of ether oxygens (including phenoxy) is 4. The van der Waals surface area contributed by atoms with Crippen molar-refractivity contribution >= 4 is 39.5 Å². The zero-order chi connectivity index (χ0) is 71.0. The van der Waals surface area contributed by atoms with Gasteiger partial charge in [0.25, 0.3) is 0 Å². The fourth-order valence-electron chi connectivity index (χ4n) is 11.7. The summed E-state index contributed by atoms with van der Waals surface area (Å²) < 4.78 is 68.5. The number of unbranched alkanes of at least 4 members (excludes halogenated alkanes) is 40. The number of phosphoric ester groups is 2. The SMILES string of the molecule is CC(C)CCCCCCCCCCCCCCCCCCCCC(=O)O[C@H](COC(=O)CCCCCCCCC(C)C)COP(=O)(O)OCC(O)COP(=O)(O)OC[C@@H](COC(=O)CCCCCCCCCCCCC(C)C)OC(=O)CCCCCCCCCCCCC(C)C. The lowest BCUT2D eigenvalue weighted by Crippen LogP contribution is -2.30. The van der Waals surface area contributed by atoms with E-state index in [-0.39, 0.29) is 25.7 Å². The third-order valence-electron chi connectivity index (χ3n) is 17.8. The lowest BCUT2D eigenvalue weighted by molar-refractivity contribution is -0.161. The first-order valence-corrected chi connectivity index (χ1v) is 42.7. The van der Waals surface area contributed by atoms with Gasteiger partial charge in [-0.15, -0.1) is 0 Å². The van der Waals surface area contributed by atoms with Crippen LogP contribution in [-0.2, 0) is 65.4 Å². The van der Waals surface area contributed by atoms with Crippen molar-refractivity contribution in [1.29, 1.82) is 0 Å². The van der Waals surface area contributed by atoms with Crippen molar-refractivity contribution < 1.29 is 80.2 Å². The third kappa shape index (κ3) is 70.5. The molecule has 17 nitrogen and oxygen atoms in total. The van der Waals surface area contributed by atoms with E-state index >= 15 is 0 Å². The van der Waals surface area contributed by atoms with E-state index in [4.69, 9.17) is 37.0 Å². The summed E-state index contributed by atoms with van der Waals surface area (Å²) in [6, 6.07) is 0. The molecule has 0 aromatic heterocycles. The number of esters is 4. The van der Waals surface area contributed by atoms with Gasteiger partial charge in [0.15, 0.2) is 12.2 Å². The van der Waals surface area contributed by atoms with E-state index in [1.165, 1.54) is 186 Å². The summed E-state index contributed by atoms with van der Waals surface area (Å²) in [6.07, 6.45) is 51.6. The number of rotatable bonds is 74. The first-order chi connectivity index (χ1) is 46.1. The lowest BCUT2D eigenvalue weighted by Gasteiger charge is -2.21. The summed E-state index contributed by atoms with van der Waals surface area (Å²) in [6.45, 7) is 14.1. The Labute approximate surface area is 588 Å². The monoisotopic (exact) mass is 1410 g/mol. The second kappa shape index (κ2) is 66.3. The summed E-state index contributed by atoms with van der Waals surface area (Å²) >= 11 is 0. The first kappa shape index (κ1) is 94.1. The van der Waals surface area contributed by atoms with E-state index in [0.29, 0.717) is 31.6 Å². The molecule has 3 unspecified atom stereocenters. The highest BCUT2D eigenvalue weighted by Crippen LogP contribution is 2.45. The van der Waals surface area contributed by atoms with Crippen molar-refractivity contribution in [2.45, 2.75) is 408 Å². The normalized spacial score (nSPS) is 14.1. The molecule has 0 spiro atoms. The van der Waals surface area contributed by atoms with Crippen LogP contribution in [0, 0.1) is 23.7 Å². The van der Waals surface area contributed by atoms with Crippen molar-refractivity contribution in [1.82, 2.24) is 0 Å². The predicted octanol–water partition coefficient (Wildman–Crippen LogP) is 22.4. The van der Waals surface area contributed by atoms with Gasteiger partial charge in [-0.25, -0.2) is 9.13 Å². The molecule has 5 atom stereocenters. The molecule has 96 heavy (non-hydrogen) atoms. The molecule has 0 radical (unpaired) electrons. The molecule has 0 fully saturated rings. The topological polar surface area (TPSA) is 237 Å². The zero-order valence-corrected chi connectivity index (χ0v) is 64.8. The van der Waals surface area contributed by atoms with E-state index in [9.17, 15) is 43.2 Å². The molecule has 0 bridgehead atoms. The molecular weight excluding hydrogens is 1260 g/mol. The van der Waals surface area contributed by atoms with Gasteiger partial charge in [-0.3, -0.25) is 37.3 Å². The summed E-state index contributed by atoms with van der Waals surface area (Å²) in [4.78, 5) is 72.8. The second-order valence-electron chi connectivity index (χ2n) is 29.7. The molecule has 0 aromatic rings. The Hall–Kier alpha value is -1.94. The molecule has 0 rings (SSSR count). The van der Waals surface area contributed by atoms with Gasteiger partial charge in [0.05, 0.1) is 26.4 Å². The van der Waals surface area contributed by atoms with Gasteiger partial charge in [-0.2, -0.15) is 0 Å². The van der Waals surface area contributed by atoms with Gasteiger partial charge in [0, 0.05) is 25.7 Å². The van der Waals surface area contributed by atoms with Crippen LogP contribution < -0.4 is 0 Å². The van der Waals surface area contributed by atoms with Crippen LogP contribution in [-0.4, -0.2) is 96.7 Å². The minimum atomic E-state index is -4.96. The van der Waals surface area contributed by atoms with Crippen LogP contribution in [0.25, 0.3) is 0 Å². The van der Waals surface area contributed by atoms with Crippen molar-refractivity contribution in [3.63, 3.8) is 0 Å². The van der Waals surface area contributed by atoms with Crippen molar-refractivity contribution in [3.05, 3.63) is 0 Å². The van der Waals surface area contributed by atoms with E-state index in [1.807, 2.05) is 0 Å². The van der Waals surface area contributed by atoms with Gasteiger partial charge in [-0.05, 0) is 49.4 Å². The highest BCUT2D eigenvalue weighted by molar-refractivity contribution is 7.47. The number of phosphoric acid groups is 2. The molecule has 0 aliphatic carbocycles. The van der Waals surface area contributed by atoms with Crippen molar-refractivity contribution in [2.75, 3.05) is 39.6 Å². The van der Waals surface area contributed by atoms with Crippen LogP contribution in [0.2, 0.25) is 0 Å². The van der Waals surface area contributed by atoms with E-state index in [1.54, 1.807) is 0 Å². The van der Waals surface area contributed by atoms with Crippen LogP contribution in [0.3, 0.4) is 0 Å². The van der Waals surface area contributed by atoms with Crippen LogP contribution in [0.15, 0.2) is 0 Å². The highest BCUT2D eigenvalue weighted by atomic mass is 31.2. The Balaban J connectivity index is 5.18. The Morgan fingerprint density at radius 3 is 0.646 bits per heavy atom. The van der Waals surface area contributed by atoms with Gasteiger partial charge in [0.2, 0.25) is 0 Å². The molecule has 0 heterocycles. The van der Waals surface area contributed by atoms with Crippen molar-refractivity contribution in [2.24, 2.45) is 23.7 Å². The molecule has 0 aliphatic rings. The summed E-state index contributed by atoms with van der Waals surface area (Å²) in [5.41, 5.74) is 0. The van der Waals surface area contributed by atoms with Crippen LogP contribution >= 0.6 is 15.6 Å². The number of hydrogen-bond acceptors (Lipinski definition) is 15. The number of hydrogen-bond donors (Lipinski definition) is 3. The summed E-state index contributed by atoms with van der Waals surface area (Å²) in [7, 11) is -9.91. The van der Waals surface area contributed by atoms with Gasteiger partial charge >= 0.3 is 39.5 Å². The third-order valence-corrected chi connectivity index (χ3v) is 19.7. The zero-order valence-electron chi connectivity index (χ0n) is 63.0. The fourth-order valence-corrected chi connectivity index (χ4v) is 13.3. The maximum Gasteiger partial charge on any atom is 0.472 e. The molecule has 0 amide bonds. The maximum absolute atomic E-state index is 13.1. The Kier molecular flexibility index (Phi) is 65.0. The first-order valence-electron chi connectivity index (χ1n) is 39.7. The van der Waals surface area contributed by atoms with E-state index in [2.05, 4.69) is 55.4 Å². The maximum atomic E-state index is 13.1.